The predicted octanol–water partition coefficient (Wildman–Crippen LogP) is 2.95. The number of benzene rings is 1. The highest BCUT2D eigenvalue weighted by atomic mass is 19.1. The van der Waals surface area contributed by atoms with E-state index in [9.17, 15) is 4.39 Å². The summed E-state index contributed by atoms with van der Waals surface area (Å²) in [7, 11) is 2.04. The van der Waals surface area contributed by atoms with E-state index in [-0.39, 0.29) is 11.9 Å². The van der Waals surface area contributed by atoms with E-state index in [1.165, 1.54) is 6.07 Å². The van der Waals surface area contributed by atoms with Gasteiger partial charge in [0.25, 0.3) is 0 Å². The van der Waals surface area contributed by atoms with Crippen molar-refractivity contribution < 1.29 is 4.39 Å². The molecule has 17 heavy (non-hydrogen) atoms. The molecule has 0 heterocycles. The summed E-state index contributed by atoms with van der Waals surface area (Å²) in [6.45, 7) is 5.03. The quantitative estimate of drug-likeness (QED) is 0.825. The second kappa shape index (κ2) is 6.72. The summed E-state index contributed by atoms with van der Waals surface area (Å²) in [6.07, 6.45) is 2.29. The lowest BCUT2D eigenvalue weighted by atomic mass is 10.1. The van der Waals surface area contributed by atoms with Gasteiger partial charge in [0.2, 0.25) is 0 Å². The molecule has 2 atom stereocenters. The van der Waals surface area contributed by atoms with Gasteiger partial charge in [-0.2, -0.15) is 0 Å². The number of nitrogens with two attached hydrogens (primary N) is 1. The number of nitrogens with zero attached hydrogens (tertiary/aromatic N) is 1. The van der Waals surface area contributed by atoms with Crippen LogP contribution in [-0.2, 0) is 0 Å². The molecule has 1 rings (SSSR count). The summed E-state index contributed by atoms with van der Waals surface area (Å²) in [6, 6.07) is 6.96. The van der Waals surface area contributed by atoms with E-state index in [2.05, 4.69) is 18.7 Å². The fourth-order valence-electron chi connectivity index (χ4n) is 2.00. The molecule has 0 bridgehead atoms. The monoisotopic (exact) mass is 238 g/mol. The number of likely N-dealkylation sites (N-methyl/N-ethyl adjacent to an activating group) is 1. The molecule has 0 aromatic heterocycles. The van der Waals surface area contributed by atoms with Crippen LogP contribution in [0.5, 0.6) is 0 Å². The summed E-state index contributed by atoms with van der Waals surface area (Å²) in [5.41, 5.74) is 6.65. The van der Waals surface area contributed by atoms with Gasteiger partial charge in [0.15, 0.2) is 0 Å². The Kier molecular flexibility index (Phi) is 5.59. The van der Waals surface area contributed by atoms with Crippen molar-refractivity contribution in [1.29, 1.82) is 0 Å². The molecule has 3 heteroatoms. The van der Waals surface area contributed by atoms with Crippen molar-refractivity contribution in [2.24, 2.45) is 5.73 Å². The summed E-state index contributed by atoms with van der Waals surface area (Å²) >= 11 is 0. The van der Waals surface area contributed by atoms with Crippen molar-refractivity contribution in [3.05, 3.63) is 35.6 Å². The lowest BCUT2D eigenvalue weighted by Crippen LogP contribution is -2.35. The number of rotatable bonds is 6. The number of hydrogen-bond acceptors (Lipinski definition) is 2. The molecule has 0 saturated heterocycles. The fraction of sp³-hybridized carbons (Fsp3) is 0.571. The first-order chi connectivity index (χ1) is 8.06. The van der Waals surface area contributed by atoms with Crippen molar-refractivity contribution >= 4 is 0 Å². The van der Waals surface area contributed by atoms with E-state index in [1.54, 1.807) is 12.1 Å². The van der Waals surface area contributed by atoms with Crippen molar-refractivity contribution in [3.63, 3.8) is 0 Å². The van der Waals surface area contributed by atoms with Crippen LogP contribution in [0.4, 0.5) is 4.39 Å². The molecular weight excluding hydrogens is 215 g/mol. The summed E-state index contributed by atoms with van der Waals surface area (Å²) < 4.78 is 13.5. The van der Waals surface area contributed by atoms with Crippen molar-refractivity contribution in [3.8, 4) is 0 Å². The molecule has 2 N–H and O–H groups in total. The minimum Gasteiger partial charge on any atom is -0.323 e. The van der Waals surface area contributed by atoms with E-state index in [0.717, 1.165) is 12.8 Å². The van der Waals surface area contributed by atoms with Gasteiger partial charge in [0.05, 0.1) is 0 Å². The van der Waals surface area contributed by atoms with Gasteiger partial charge in [0.1, 0.15) is 5.82 Å². The third kappa shape index (κ3) is 4.10. The summed E-state index contributed by atoms with van der Waals surface area (Å²) in [4.78, 5) is 2.20. The lowest BCUT2D eigenvalue weighted by Gasteiger charge is -2.27. The zero-order chi connectivity index (χ0) is 12.8. The van der Waals surface area contributed by atoms with Crippen LogP contribution < -0.4 is 5.73 Å². The van der Waals surface area contributed by atoms with Crippen molar-refractivity contribution in [1.82, 2.24) is 4.90 Å². The Hall–Kier alpha value is -0.930. The molecule has 0 fully saturated rings. The number of halogens is 1. The van der Waals surface area contributed by atoms with Crippen LogP contribution in [-0.4, -0.2) is 24.5 Å². The molecule has 0 spiro atoms. The van der Waals surface area contributed by atoms with Crippen molar-refractivity contribution in [2.75, 3.05) is 13.6 Å². The molecular formula is C14H23FN2. The van der Waals surface area contributed by atoms with Gasteiger partial charge in [0, 0.05) is 24.2 Å². The van der Waals surface area contributed by atoms with Gasteiger partial charge in [-0.05, 0) is 26.5 Å². The highest BCUT2D eigenvalue weighted by molar-refractivity contribution is 5.21. The van der Waals surface area contributed by atoms with E-state index < -0.39 is 0 Å². The molecule has 1 aromatic rings. The minimum absolute atomic E-state index is 0.212. The van der Waals surface area contributed by atoms with Crippen LogP contribution in [0.3, 0.4) is 0 Å². The smallest absolute Gasteiger partial charge is 0.128 e. The second-order valence-electron chi connectivity index (χ2n) is 4.71. The lowest BCUT2D eigenvalue weighted by molar-refractivity contribution is 0.230. The first-order valence-electron chi connectivity index (χ1n) is 6.26. The van der Waals surface area contributed by atoms with Crippen LogP contribution in [0.2, 0.25) is 0 Å². The molecule has 0 amide bonds. The first-order valence-corrected chi connectivity index (χ1v) is 6.26. The number of hydrogen-bond donors (Lipinski definition) is 1. The fourth-order valence-corrected chi connectivity index (χ4v) is 2.00. The standard InChI is InChI=1S/C14H23FN2/c1-4-7-11(2)17(3)10-14(16)12-8-5-6-9-13(12)15/h5-6,8-9,11,14H,4,7,10,16H2,1-3H3. The predicted molar refractivity (Wildman–Crippen MR) is 70.3 cm³/mol. The SMILES string of the molecule is CCCC(C)N(C)CC(N)c1ccccc1F. The largest absolute Gasteiger partial charge is 0.323 e. The van der Waals surface area contributed by atoms with E-state index in [0.29, 0.717) is 18.2 Å². The molecule has 0 aliphatic carbocycles. The maximum atomic E-state index is 13.5. The average Bonchev–Trinajstić information content (AvgIpc) is 2.29. The first kappa shape index (κ1) is 14.1. The maximum Gasteiger partial charge on any atom is 0.128 e. The van der Waals surface area contributed by atoms with Crippen LogP contribution in [0.25, 0.3) is 0 Å². The second-order valence-corrected chi connectivity index (χ2v) is 4.71. The average molecular weight is 238 g/mol. The Bertz CT molecular complexity index is 341. The summed E-state index contributed by atoms with van der Waals surface area (Å²) in [5.74, 6) is -0.212. The molecule has 0 radical (unpaired) electrons. The Balaban J connectivity index is 2.60. The molecule has 2 nitrogen and oxygen atoms in total. The van der Waals surface area contributed by atoms with E-state index in [4.69, 9.17) is 5.73 Å². The third-order valence-corrected chi connectivity index (χ3v) is 3.25. The summed E-state index contributed by atoms with van der Waals surface area (Å²) in [5, 5.41) is 0. The van der Waals surface area contributed by atoms with E-state index >= 15 is 0 Å². The van der Waals surface area contributed by atoms with Crippen LogP contribution in [0.15, 0.2) is 24.3 Å². The molecule has 2 unspecified atom stereocenters. The third-order valence-electron chi connectivity index (χ3n) is 3.25. The van der Waals surface area contributed by atoms with Gasteiger partial charge in [-0.15, -0.1) is 0 Å². The Labute approximate surface area is 104 Å². The zero-order valence-corrected chi connectivity index (χ0v) is 11.0. The zero-order valence-electron chi connectivity index (χ0n) is 11.0. The maximum absolute atomic E-state index is 13.5. The topological polar surface area (TPSA) is 29.3 Å². The molecule has 96 valence electrons. The minimum atomic E-state index is -0.263. The van der Waals surface area contributed by atoms with Crippen molar-refractivity contribution in [2.45, 2.75) is 38.8 Å². The van der Waals surface area contributed by atoms with E-state index in [1.807, 2.05) is 13.1 Å². The van der Waals surface area contributed by atoms with Gasteiger partial charge in [-0.3, -0.25) is 0 Å². The normalized spacial score (nSPS) is 14.9. The Morgan fingerprint density at radius 3 is 2.59 bits per heavy atom. The molecule has 0 aliphatic heterocycles. The van der Waals surface area contributed by atoms with Gasteiger partial charge in [-0.1, -0.05) is 31.5 Å². The van der Waals surface area contributed by atoms with Gasteiger partial charge in [-0.25, -0.2) is 4.39 Å². The highest BCUT2D eigenvalue weighted by Gasteiger charge is 2.15. The Morgan fingerprint density at radius 1 is 1.35 bits per heavy atom. The van der Waals surface area contributed by atoms with Gasteiger partial charge >= 0.3 is 0 Å². The Morgan fingerprint density at radius 2 is 2.00 bits per heavy atom. The van der Waals surface area contributed by atoms with Crippen LogP contribution in [0, 0.1) is 5.82 Å². The molecule has 1 aromatic carbocycles. The molecule has 0 saturated carbocycles. The van der Waals surface area contributed by atoms with Gasteiger partial charge < -0.3 is 10.6 Å². The van der Waals surface area contributed by atoms with Crippen LogP contribution in [0.1, 0.15) is 38.3 Å². The highest BCUT2D eigenvalue weighted by Crippen LogP contribution is 2.16. The molecule has 0 aliphatic rings. The van der Waals surface area contributed by atoms with Crippen LogP contribution >= 0.6 is 0 Å².